The van der Waals surface area contributed by atoms with Crippen molar-refractivity contribution in [3.05, 3.63) is 57.6 Å². The quantitative estimate of drug-likeness (QED) is 0.783. The van der Waals surface area contributed by atoms with Crippen LogP contribution < -0.4 is 0 Å². The first-order chi connectivity index (χ1) is 10.5. The lowest BCUT2D eigenvalue weighted by atomic mass is 9.92. The van der Waals surface area contributed by atoms with Gasteiger partial charge >= 0.3 is 0 Å². The van der Waals surface area contributed by atoms with Gasteiger partial charge in [-0.15, -0.1) is 0 Å². The second-order valence-electron chi connectivity index (χ2n) is 6.04. The minimum absolute atomic E-state index is 0.669. The van der Waals surface area contributed by atoms with Gasteiger partial charge in [0, 0.05) is 14.2 Å². The van der Waals surface area contributed by atoms with Crippen molar-refractivity contribution in [2.24, 2.45) is 0 Å². The lowest BCUT2D eigenvalue weighted by molar-refractivity contribution is 0.184. The van der Waals surface area contributed by atoms with E-state index in [0.717, 1.165) is 0 Å². The first kappa shape index (κ1) is 16.7. The summed E-state index contributed by atoms with van der Waals surface area (Å²) in [6.45, 7) is 9.97. The zero-order valence-electron chi connectivity index (χ0n) is 14.5. The summed E-state index contributed by atoms with van der Waals surface area (Å²) < 4.78 is 10.6. The highest BCUT2D eigenvalue weighted by molar-refractivity contribution is 5.68. The van der Waals surface area contributed by atoms with Gasteiger partial charge in [0.2, 0.25) is 0 Å². The Hall–Kier alpha value is -1.64. The Labute approximate surface area is 134 Å². The molecule has 0 spiro atoms. The van der Waals surface area contributed by atoms with Crippen molar-refractivity contribution in [1.29, 1.82) is 0 Å². The fourth-order valence-electron chi connectivity index (χ4n) is 3.06. The van der Waals surface area contributed by atoms with Crippen molar-refractivity contribution < 1.29 is 9.47 Å². The van der Waals surface area contributed by atoms with Crippen LogP contribution >= 0.6 is 0 Å². The van der Waals surface area contributed by atoms with Crippen LogP contribution in [0.25, 0.3) is 11.1 Å². The average molecular weight is 298 g/mol. The Morgan fingerprint density at radius 1 is 0.591 bits per heavy atom. The number of aryl methyl sites for hydroxylation is 4. The topological polar surface area (TPSA) is 18.5 Å². The monoisotopic (exact) mass is 298 g/mol. The van der Waals surface area contributed by atoms with Gasteiger partial charge in [0.05, 0.1) is 13.2 Å². The Balaban J connectivity index is 2.49. The molecule has 0 aliphatic carbocycles. The maximum Gasteiger partial charge on any atom is 0.0718 e. The molecule has 0 atom stereocenters. The van der Waals surface area contributed by atoms with E-state index in [1.807, 2.05) is 0 Å². The summed E-state index contributed by atoms with van der Waals surface area (Å²) >= 11 is 0. The highest BCUT2D eigenvalue weighted by Crippen LogP contribution is 2.29. The van der Waals surface area contributed by atoms with Crippen molar-refractivity contribution >= 4 is 0 Å². The van der Waals surface area contributed by atoms with E-state index >= 15 is 0 Å². The van der Waals surface area contributed by atoms with E-state index in [1.165, 1.54) is 44.5 Å². The van der Waals surface area contributed by atoms with Crippen molar-refractivity contribution in [1.82, 2.24) is 0 Å². The van der Waals surface area contributed by atoms with Gasteiger partial charge in [-0.05, 0) is 72.2 Å². The largest absolute Gasteiger partial charge is 0.380 e. The maximum absolute atomic E-state index is 5.30. The third-order valence-electron chi connectivity index (χ3n) is 4.30. The van der Waals surface area contributed by atoms with Crippen LogP contribution in [0.1, 0.15) is 33.4 Å². The zero-order valence-corrected chi connectivity index (χ0v) is 14.5. The molecule has 2 nitrogen and oxygen atoms in total. The van der Waals surface area contributed by atoms with Crippen LogP contribution in [-0.2, 0) is 22.7 Å². The predicted molar refractivity (Wildman–Crippen MR) is 92.3 cm³/mol. The third-order valence-corrected chi connectivity index (χ3v) is 4.30. The maximum atomic E-state index is 5.30. The highest BCUT2D eigenvalue weighted by Gasteiger charge is 2.10. The molecule has 2 heteroatoms. The molecule has 2 rings (SSSR count). The molecule has 2 aromatic rings. The summed E-state index contributed by atoms with van der Waals surface area (Å²) in [6.07, 6.45) is 0. The molecule has 0 heterocycles. The molecule has 0 unspecified atom stereocenters. The van der Waals surface area contributed by atoms with E-state index in [-0.39, 0.29) is 0 Å². The van der Waals surface area contributed by atoms with Crippen LogP contribution in [0.5, 0.6) is 0 Å². The Bertz CT molecular complexity index is 566. The Morgan fingerprint density at radius 2 is 0.864 bits per heavy atom. The van der Waals surface area contributed by atoms with Crippen LogP contribution in [-0.4, -0.2) is 14.2 Å². The first-order valence-corrected chi connectivity index (χ1v) is 7.66. The summed E-state index contributed by atoms with van der Waals surface area (Å²) in [4.78, 5) is 0. The van der Waals surface area contributed by atoms with E-state index in [0.29, 0.717) is 13.2 Å². The molecule has 0 fully saturated rings. The van der Waals surface area contributed by atoms with Crippen LogP contribution in [0, 0.1) is 27.7 Å². The fraction of sp³-hybridized carbons (Fsp3) is 0.400. The van der Waals surface area contributed by atoms with Crippen molar-refractivity contribution in [2.75, 3.05) is 14.2 Å². The molecule has 0 radical (unpaired) electrons. The van der Waals surface area contributed by atoms with Gasteiger partial charge in [-0.3, -0.25) is 0 Å². The van der Waals surface area contributed by atoms with Crippen LogP contribution in [0.2, 0.25) is 0 Å². The predicted octanol–water partition coefficient (Wildman–Crippen LogP) is 4.88. The van der Waals surface area contributed by atoms with E-state index in [9.17, 15) is 0 Å². The summed E-state index contributed by atoms with van der Waals surface area (Å²) in [5.74, 6) is 0. The standard InChI is InChI=1S/C20H26O2/c1-13-7-17(8-14(2)19(13)11-21-5)18-9-15(3)20(12-22-6)16(4)10-18/h7-10H,11-12H2,1-6H3. The summed E-state index contributed by atoms with van der Waals surface area (Å²) in [6, 6.07) is 9.02. The van der Waals surface area contributed by atoms with Crippen molar-refractivity contribution in [2.45, 2.75) is 40.9 Å². The molecule has 0 N–H and O–H groups in total. The smallest absolute Gasteiger partial charge is 0.0718 e. The van der Waals surface area contributed by atoms with E-state index in [4.69, 9.17) is 9.47 Å². The second-order valence-corrected chi connectivity index (χ2v) is 6.04. The van der Waals surface area contributed by atoms with Crippen LogP contribution in [0.3, 0.4) is 0 Å². The Morgan fingerprint density at radius 3 is 1.09 bits per heavy atom. The van der Waals surface area contributed by atoms with Gasteiger partial charge in [-0.25, -0.2) is 0 Å². The average Bonchev–Trinajstić information content (AvgIpc) is 2.46. The normalized spacial score (nSPS) is 11.0. The highest BCUT2D eigenvalue weighted by atomic mass is 16.5. The number of methoxy groups -OCH3 is 2. The van der Waals surface area contributed by atoms with E-state index < -0.39 is 0 Å². The minimum Gasteiger partial charge on any atom is -0.380 e. The molecule has 0 bridgehead atoms. The molecule has 0 amide bonds. The van der Waals surface area contributed by atoms with Crippen LogP contribution in [0.15, 0.2) is 24.3 Å². The summed E-state index contributed by atoms with van der Waals surface area (Å²) in [5, 5.41) is 0. The molecular formula is C20H26O2. The number of hydrogen-bond acceptors (Lipinski definition) is 2. The van der Waals surface area contributed by atoms with Gasteiger partial charge < -0.3 is 9.47 Å². The number of hydrogen-bond donors (Lipinski definition) is 0. The molecule has 0 saturated carbocycles. The molecule has 22 heavy (non-hydrogen) atoms. The minimum atomic E-state index is 0.669. The number of rotatable bonds is 5. The third kappa shape index (κ3) is 3.40. The van der Waals surface area contributed by atoms with E-state index in [2.05, 4.69) is 52.0 Å². The Kier molecular flexibility index (Phi) is 5.38. The molecule has 2 aromatic carbocycles. The molecule has 0 saturated heterocycles. The van der Waals surface area contributed by atoms with Crippen molar-refractivity contribution in [3.8, 4) is 11.1 Å². The fourth-order valence-corrected chi connectivity index (χ4v) is 3.06. The second kappa shape index (κ2) is 7.08. The van der Waals surface area contributed by atoms with Gasteiger partial charge in [-0.1, -0.05) is 24.3 Å². The van der Waals surface area contributed by atoms with Crippen molar-refractivity contribution in [3.63, 3.8) is 0 Å². The number of benzene rings is 2. The first-order valence-electron chi connectivity index (χ1n) is 7.66. The SMILES string of the molecule is COCc1c(C)cc(-c2cc(C)c(COC)c(C)c2)cc1C. The zero-order chi connectivity index (χ0) is 16.3. The van der Waals surface area contributed by atoms with Gasteiger partial charge in [-0.2, -0.15) is 0 Å². The lowest BCUT2D eigenvalue weighted by Gasteiger charge is -2.15. The van der Waals surface area contributed by atoms with Gasteiger partial charge in [0.15, 0.2) is 0 Å². The summed E-state index contributed by atoms with van der Waals surface area (Å²) in [7, 11) is 3.49. The van der Waals surface area contributed by atoms with E-state index in [1.54, 1.807) is 14.2 Å². The molecule has 0 aliphatic rings. The molecule has 0 aromatic heterocycles. The number of ether oxygens (including phenoxy) is 2. The van der Waals surface area contributed by atoms with Gasteiger partial charge in [0.25, 0.3) is 0 Å². The summed E-state index contributed by atoms with van der Waals surface area (Å²) in [5.41, 5.74) is 10.3. The lowest BCUT2D eigenvalue weighted by Crippen LogP contribution is -1.99. The molecular weight excluding hydrogens is 272 g/mol. The molecule has 0 aliphatic heterocycles. The molecule has 118 valence electrons. The van der Waals surface area contributed by atoms with Crippen LogP contribution in [0.4, 0.5) is 0 Å². The van der Waals surface area contributed by atoms with Gasteiger partial charge in [0.1, 0.15) is 0 Å².